The molecule has 3 aromatic carbocycles. The maximum Gasteiger partial charge on any atom is 0.278 e. The number of anilines is 1. The van der Waals surface area contributed by atoms with Crippen molar-refractivity contribution in [3.05, 3.63) is 77.8 Å². The lowest BCUT2D eigenvalue weighted by Crippen LogP contribution is -2.40. The first kappa shape index (κ1) is 23.4. The number of hydrogen-bond donors (Lipinski definition) is 0. The third-order valence-corrected chi connectivity index (χ3v) is 6.43. The molecule has 9 heteroatoms. The molecule has 0 bridgehead atoms. The molecule has 3 rings (SSSR count). The number of amides is 1. The van der Waals surface area contributed by atoms with Gasteiger partial charge in [0.2, 0.25) is 0 Å². The van der Waals surface area contributed by atoms with E-state index in [2.05, 4.69) is 0 Å². The maximum atomic E-state index is 13.3. The van der Waals surface area contributed by atoms with Crippen LogP contribution in [-0.4, -0.2) is 34.6 Å². The summed E-state index contributed by atoms with van der Waals surface area (Å²) in [5, 5.41) is 0.165. The van der Waals surface area contributed by atoms with Crippen LogP contribution in [0.15, 0.2) is 77.7 Å². The van der Waals surface area contributed by atoms with Gasteiger partial charge in [-0.15, -0.1) is 0 Å². The van der Waals surface area contributed by atoms with Gasteiger partial charge in [0, 0.05) is 0 Å². The predicted molar refractivity (Wildman–Crippen MR) is 122 cm³/mol. The monoisotopic (exact) mass is 475 g/mol. The van der Waals surface area contributed by atoms with Crippen molar-refractivity contribution in [1.82, 2.24) is 0 Å². The average molecular weight is 476 g/mol. The molecule has 0 heterocycles. The molecule has 0 fully saturated rings. The van der Waals surface area contributed by atoms with Crippen molar-refractivity contribution in [3.63, 3.8) is 0 Å². The molecule has 0 aromatic heterocycles. The van der Waals surface area contributed by atoms with E-state index in [4.69, 9.17) is 25.8 Å². The second-order valence-corrected chi connectivity index (χ2v) is 8.68. The Hall–Kier alpha value is -3.23. The summed E-state index contributed by atoms with van der Waals surface area (Å²) in [6.07, 6.45) is 0. The number of nitrogens with zero attached hydrogens (tertiary/aromatic N) is 1. The highest BCUT2D eigenvalue weighted by Gasteiger charge is 2.31. The Balaban J connectivity index is 1.91. The van der Waals surface area contributed by atoms with E-state index in [1.807, 2.05) is 6.92 Å². The number of halogens is 1. The van der Waals surface area contributed by atoms with Crippen LogP contribution in [0.5, 0.6) is 17.2 Å². The Labute approximate surface area is 192 Å². The van der Waals surface area contributed by atoms with Gasteiger partial charge in [-0.05, 0) is 61.5 Å². The second kappa shape index (κ2) is 10.4. The normalized spacial score (nSPS) is 11.0. The first-order chi connectivity index (χ1) is 15.4. The maximum absolute atomic E-state index is 13.3. The fourth-order valence-electron chi connectivity index (χ4n) is 2.90. The van der Waals surface area contributed by atoms with Gasteiger partial charge in [-0.3, -0.25) is 4.79 Å². The molecule has 32 heavy (non-hydrogen) atoms. The third-order valence-electron chi connectivity index (χ3n) is 4.37. The Bertz CT molecular complexity index is 1170. The molecule has 3 aromatic rings. The molecule has 7 nitrogen and oxygen atoms in total. The van der Waals surface area contributed by atoms with Gasteiger partial charge in [0.15, 0.2) is 6.61 Å². The van der Waals surface area contributed by atoms with Crippen LogP contribution < -0.4 is 18.5 Å². The zero-order valence-corrected chi connectivity index (χ0v) is 19.1. The molecule has 0 spiro atoms. The molecule has 0 saturated heterocycles. The van der Waals surface area contributed by atoms with Crippen molar-refractivity contribution in [2.24, 2.45) is 0 Å². The van der Waals surface area contributed by atoms with Gasteiger partial charge < -0.3 is 14.2 Å². The molecule has 0 aliphatic rings. The molecule has 0 unspecified atom stereocenters. The largest absolute Gasteiger partial charge is 0.495 e. The van der Waals surface area contributed by atoms with Crippen molar-refractivity contribution >= 4 is 33.2 Å². The molecule has 168 valence electrons. The molecule has 1 amide bonds. The Morgan fingerprint density at radius 3 is 2.12 bits per heavy atom. The number of methoxy groups -OCH3 is 1. The van der Waals surface area contributed by atoms with E-state index < -0.39 is 22.5 Å². The highest BCUT2D eigenvalue weighted by Crippen LogP contribution is 2.32. The Morgan fingerprint density at radius 1 is 0.938 bits per heavy atom. The lowest BCUT2D eigenvalue weighted by molar-refractivity contribution is -0.119. The van der Waals surface area contributed by atoms with E-state index in [9.17, 15) is 13.2 Å². The minimum Gasteiger partial charge on any atom is -0.495 e. The summed E-state index contributed by atoms with van der Waals surface area (Å²) in [7, 11) is -2.78. The quantitative estimate of drug-likeness (QED) is 0.451. The zero-order valence-electron chi connectivity index (χ0n) is 17.5. The number of carbonyl (C=O) groups is 1. The van der Waals surface area contributed by atoms with Crippen LogP contribution in [0, 0.1) is 0 Å². The molecule has 0 aliphatic heterocycles. The molecule has 0 saturated carbocycles. The van der Waals surface area contributed by atoms with E-state index in [0.29, 0.717) is 28.2 Å². The fourth-order valence-corrected chi connectivity index (χ4v) is 4.57. The summed E-state index contributed by atoms with van der Waals surface area (Å²) in [5.74, 6) is 0.619. The van der Waals surface area contributed by atoms with E-state index in [1.54, 1.807) is 42.5 Å². The predicted octanol–water partition coefficient (Wildman–Crippen LogP) is 4.55. The van der Waals surface area contributed by atoms with Crippen LogP contribution in [0.25, 0.3) is 0 Å². The van der Waals surface area contributed by atoms with Crippen molar-refractivity contribution in [3.8, 4) is 17.2 Å². The van der Waals surface area contributed by atoms with Gasteiger partial charge >= 0.3 is 0 Å². The minimum atomic E-state index is -4.22. The van der Waals surface area contributed by atoms with E-state index in [-0.39, 0.29) is 15.6 Å². The van der Waals surface area contributed by atoms with Gasteiger partial charge in [-0.2, -0.15) is 4.31 Å². The van der Waals surface area contributed by atoms with Crippen molar-refractivity contribution in [2.75, 3.05) is 24.6 Å². The van der Waals surface area contributed by atoms with Gasteiger partial charge in [0.05, 0.1) is 29.3 Å². The standard InChI is InChI=1S/C23H22ClNO6S/c1-3-30-18-10-12-19(13-11-18)31-16-23(26)25(17-9-14-22(29-2)21(24)15-17)32(27,28)20-7-5-4-6-8-20/h4-15H,3,16H2,1-2H3. The van der Waals surface area contributed by atoms with Crippen LogP contribution in [-0.2, 0) is 14.8 Å². The first-order valence-electron chi connectivity index (χ1n) is 9.69. The van der Waals surface area contributed by atoms with Crippen LogP contribution >= 0.6 is 11.6 Å². The summed E-state index contributed by atoms with van der Waals surface area (Å²) >= 11 is 6.19. The molecule has 0 radical (unpaired) electrons. The zero-order chi connectivity index (χ0) is 23.1. The summed E-state index contributed by atoms with van der Waals surface area (Å²) in [5.41, 5.74) is 0.0694. The minimum absolute atomic E-state index is 0.0404. The second-order valence-electron chi connectivity index (χ2n) is 6.49. The molecular weight excluding hydrogens is 454 g/mol. The number of carbonyl (C=O) groups excluding carboxylic acids is 1. The number of rotatable bonds is 9. The SMILES string of the molecule is CCOc1ccc(OCC(=O)N(c2ccc(OC)c(Cl)c2)S(=O)(=O)c2ccccc2)cc1. The number of sulfonamides is 1. The Morgan fingerprint density at radius 2 is 1.56 bits per heavy atom. The number of benzene rings is 3. The van der Waals surface area contributed by atoms with Crippen LogP contribution in [0.3, 0.4) is 0 Å². The number of hydrogen-bond acceptors (Lipinski definition) is 6. The summed E-state index contributed by atoms with van der Waals surface area (Å²) < 4.78 is 43.4. The highest BCUT2D eigenvalue weighted by molar-refractivity contribution is 7.93. The van der Waals surface area contributed by atoms with Crippen LogP contribution in [0.1, 0.15) is 6.92 Å². The lowest BCUT2D eigenvalue weighted by atomic mass is 10.3. The van der Waals surface area contributed by atoms with Gasteiger partial charge in [0.1, 0.15) is 17.2 Å². The van der Waals surface area contributed by atoms with Gasteiger partial charge in [-0.25, -0.2) is 8.42 Å². The lowest BCUT2D eigenvalue weighted by Gasteiger charge is -2.23. The fraction of sp³-hybridized carbons (Fsp3) is 0.174. The molecule has 0 aliphatic carbocycles. The van der Waals surface area contributed by atoms with E-state index in [1.165, 1.54) is 37.4 Å². The molecular formula is C23H22ClNO6S. The third kappa shape index (κ3) is 5.33. The molecule has 0 atom stereocenters. The Kier molecular flexibility index (Phi) is 7.61. The summed E-state index contributed by atoms with van der Waals surface area (Å²) in [4.78, 5) is 13.1. The summed E-state index contributed by atoms with van der Waals surface area (Å²) in [6.45, 7) is 1.88. The van der Waals surface area contributed by atoms with Crippen LogP contribution in [0.2, 0.25) is 5.02 Å². The topological polar surface area (TPSA) is 82.1 Å². The molecule has 0 N–H and O–H groups in total. The van der Waals surface area contributed by atoms with Gasteiger partial charge in [0.25, 0.3) is 15.9 Å². The van der Waals surface area contributed by atoms with E-state index >= 15 is 0 Å². The first-order valence-corrected chi connectivity index (χ1v) is 11.5. The van der Waals surface area contributed by atoms with Crippen molar-refractivity contribution in [2.45, 2.75) is 11.8 Å². The van der Waals surface area contributed by atoms with Crippen molar-refractivity contribution < 1.29 is 27.4 Å². The van der Waals surface area contributed by atoms with Crippen LogP contribution in [0.4, 0.5) is 5.69 Å². The highest BCUT2D eigenvalue weighted by atomic mass is 35.5. The summed E-state index contributed by atoms with van der Waals surface area (Å²) in [6, 6.07) is 18.6. The van der Waals surface area contributed by atoms with E-state index in [0.717, 1.165) is 0 Å². The smallest absolute Gasteiger partial charge is 0.278 e. The average Bonchev–Trinajstić information content (AvgIpc) is 2.79. The van der Waals surface area contributed by atoms with Crippen molar-refractivity contribution in [1.29, 1.82) is 0 Å². The van der Waals surface area contributed by atoms with Gasteiger partial charge in [-0.1, -0.05) is 29.8 Å². The number of ether oxygens (including phenoxy) is 3.